The molecule has 1 aliphatic rings. The van der Waals surface area contributed by atoms with Crippen LogP contribution in [0.4, 0.5) is 4.39 Å². The minimum absolute atomic E-state index is 0.172. The summed E-state index contributed by atoms with van der Waals surface area (Å²) in [6, 6.07) is 0. The lowest BCUT2D eigenvalue weighted by molar-refractivity contribution is 0.0482. The number of hydrogen-bond acceptors (Lipinski definition) is 2. The molecular formula is C10H20FNO. The highest BCUT2D eigenvalue weighted by Gasteiger charge is 2.22. The summed E-state index contributed by atoms with van der Waals surface area (Å²) in [5.74, 6) is 0.172. The molecule has 2 atom stereocenters. The summed E-state index contributed by atoms with van der Waals surface area (Å²) in [5, 5.41) is 3.21. The molecule has 1 heterocycles. The minimum atomic E-state index is -0.778. The van der Waals surface area contributed by atoms with Crippen molar-refractivity contribution in [2.45, 2.75) is 32.4 Å². The number of ether oxygens (including phenoxy) is 1. The molecular weight excluding hydrogens is 169 g/mol. The molecule has 2 unspecified atom stereocenters. The smallest absolute Gasteiger partial charge is 0.127 e. The predicted molar refractivity (Wildman–Crippen MR) is 51.6 cm³/mol. The molecule has 13 heavy (non-hydrogen) atoms. The van der Waals surface area contributed by atoms with Crippen molar-refractivity contribution in [1.29, 1.82) is 0 Å². The zero-order chi connectivity index (χ0) is 9.52. The Balaban J connectivity index is 2.09. The van der Waals surface area contributed by atoms with E-state index in [9.17, 15) is 4.39 Å². The molecule has 0 aromatic heterocycles. The number of hydrogen-bond donors (Lipinski definition) is 1. The van der Waals surface area contributed by atoms with E-state index in [1.807, 2.05) is 6.92 Å². The number of piperidine rings is 1. The molecule has 0 aromatic rings. The largest absolute Gasteiger partial charge is 0.378 e. The molecule has 0 amide bonds. The summed E-state index contributed by atoms with van der Waals surface area (Å²) < 4.78 is 18.6. The maximum absolute atomic E-state index is 13.4. The highest BCUT2D eigenvalue weighted by Crippen LogP contribution is 2.17. The van der Waals surface area contributed by atoms with Gasteiger partial charge in [-0.3, -0.25) is 0 Å². The average Bonchev–Trinajstić information content (AvgIpc) is 2.19. The normalized spacial score (nSPS) is 25.8. The first-order chi connectivity index (χ1) is 6.34. The van der Waals surface area contributed by atoms with Crippen LogP contribution in [0.25, 0.3) is 0 Å². The minimum Gasteiger partial charge on any atom is -0.378 e. The molecule has 0 radical (unpaired) electrons. The monoisotopic (exact) mass is 189 g/mol. The van der Waals surface area contributed by atoms with E-state index in [1.165, 1.54) is 0 Å². The lowest BCUT2D eigenvalue weighted by atomic mass is 9.95. The SMILES string of the molecule is CCCOCC(F)C1CCCNC1. The lowest BCUT2D eigenvalue weighted by Crippen LogP contribution is -2.36. The van der Waals surface area contributed by atoms with E-state index in [0.717, 1.165) is 32.4 Å². The zero-order valence-corrected chi connectivity index (χ0v) is 8.39. The van der Waals surface area contributed by atoms with Crippen molar-refractivity contribution in [3.63, 3.8) is 0 Å². The standard InChI is InChI=1S/C10H20FNO/c1-2-6-13-8-10(11)9-4-3-5-12-7-9/h9-10,12H,2-8H2,1H3. The molecule has 0 bridgehead atoms. The molecule has 0 aliphatic carbocycles. The van der Waals surface area contributed by atoms with Crippen molar-refractivity contribution in [3.05, 3.63) is 0 Å². The van der Waals surface area contributed by atoms with Gasteiger partial charge < -0.3 is 10.1 Å². The van der Waals surface area contributed by atoms with Crippen LogP contribution in [0.5, 0.6) is 0 Å². The van der Waals surface area contributed by atoms with Gasteiger partial charge >= 0.3 is 0 Å². The van der Waals surface area contributed by atoms with Crippen molar-refractivity contribution in [1.82, 2.24) is 5.32 Å². The molecule has 0 spiro atoms. The molecule has 0 aromatic carbocycles. The Labute approximate surface area is 79.8 Å². The van der Waals surface area contributed by atoms with Crippen LogP contribution in [0.1, 0.15) is 26.2 Å². The third kappa shape index (κ3) is 4.05. The van der Waals surface area contributed by atoms with Crippen molar-refractivity contribution in [2.75, 3.05) is 26.3 Å². The Morgan fingerprint density at radius 3 is 3.08 bits per heavy atom. The van der Waals surface area contributed by atoms with Gasteiger partial charge in [0.1, 0.15) is 6.17 Å². The summed E-state index contributed by atoms with van der Waals surface area (Å²) in [7, 11) is 0. The van der Waals surface area contributed by atoms with Gasteiger partial charge in [-0.2, -0.15) is 0 Å². The van der Waals surface area contributed by atoms with Crippen molar-refractivity contribution in [2.24, 2.45) is 5.92 Å². The molecule has 1 aliphatic heterocycles. The van der Waals surface area contributed by atoms with Crippen LogP contribution in [0.15, 0.2) is 0 Å². The summed E-state index contributed by atoms with van der Waals surface area (Å²) in [4.78, 5) is 0. The van der Waals surface area contributed by atoms with E-state index in [4.69, 9.17) is 4.74 Å². The molecule has 2 nitrogen and oxygen atoms in total. The topological polar surface area (TPSA) is 21.3 Å². The first-order valence-electron chi connectivity index (χ1n) is 5.27. The highest BCUT2D eigenvalue weighted by atomic mass is 19.1. The van der Waals surface area contributed by atoms with Gasteiger partial charge in [-0.1, -0.05) is 6.92 Å². The van der Waals surface area contributed by atoms with Crippen LogP contribution in [0, 0.1) is 5.92 Å². The fourth-order valence-electron chi connectivity index (χ4n) is 1.66. The second-order valence-corrected chi connectivity index (χ2v) is 3.70. The van der Waals surface area contributed by atoms with Crippen LogP contribution in [0.2, 0.25) is 0 Å². The first kappa shape index (κ1) is 10.9. The molecule has 1 saturated heterocycles. The third-order valence-corrected chi connectivity index (χ3v) is 2.47. The van der Waals surface area contributed by atoms with Gasteiger partial charge in [-0.05, 0) is 25.8 Å². The molecule has 1 rings (SSSR count). The molecule has 1 fully saturated rings. The number of rotatable bonds is 5. The van der Waals surface area contributed by atoms with E-state index in [-0.39, 0.29) is 12.5 Å². The third-order valence-electron chi connectivity index (χ3n) is 2.47. The van der Waals surface area contributed by atoms with E-state index in [1.54, 1.807) is 0 Å². The van der Waals surface area contributed by atoms with Crippen molar-refractivity contribution in [3.8, 4) is 0 Å². The Bertz CT molecular complexity index is 126. The summed E-state index contributed by atoms with van der Waals surface area (Å²) >= 11 is 0. The highest BCUT2D eigenvalue weighted by molar-refractivity contribution is 4.75. The quantitative estimate of drug-likeness (QED) is 0.665. The van der Waals surface area contributed by atoms with Crippen LogP contribution in [-0.4, -0.2) is 32.5 Å². The second-order valence-electron chi connectivity index (χ2n) is 3.70. The predicted octanol–water partition coefficient (Wildman–Crippen LogP) is 1.75. The fraction of sp³-hybridized carbons (Fsp3) is 1.00. The van der Waals surface area contributed by atoms with Gasteiger partial charge in [0.15, 0.2) is 0 Å². The second kappa shape index (κ2) is 6.33. The Kier molecular flexibility index (Phi) is 5.32. The number of halogens is 1. The first-order valence-corrected chi connectivity index (χ1v) is 5.27. The fourth-order valence-corrected chi connectivity index (χ4v) is 1.66. The summed E-state index contributed by atoms with van der Waals surface area (Å²) in [5.41, 5.74) is 0. The van der Waals surface area contributed by atoms with Gasteiger partial charge in [0.05, 0.1) is 6.61 Å². The van der Waals surface area contributed by atoms with Gasteiger partial charge in [0.2, 0.25) is 0 Å². The average molecular weight is 189 g/mol. The van der Waals surface area contributed by atoms with Crippen LogP contribution >= 0.6 is 0 Å². The molecule has 0 saturated carbocycles. The summed E-state index contributed by atoms with van der Waals surface area (Å²) in [6.07, 6.45) is 2.29. The van der Waals surface area contributed by atoms with Gasteiger partial charge in [-0.25, -0.2) is 4.39 Å². The van der Waals surface area contributed by atoms with Gasteiger partial charge in [0.25, 0.3) is 0 Å². The maximum Gasteiger partial charge on any atom is 0.127 e. The number of alkyl halides is 1. The van der Waals surface area contributed by atoms with Crippen LogP contribution in [0.3, 0.4) is 0 Å². The zero-order valence-electron chi connectivity index (χ0n) is 8.39. The van der Waals surface area contributed by atoms with E-state index < -0.39 is 6.17 Å². The van der Waals surface area contributed by atoms with Crippen LogP contribution < -0.4 is 5.32 Å². The van der Waals surface area contributed by atoms with Crippen LogP contribution in [-0.2, 0) is 4.74 Å². The molecule has 3 heteroatoms. The van der Waals surface area contributed by atoms with E-state index >= 15 is 0 Å². The van der Waals surface area contributed by atoms with E-state index in [0.29, 0.717) is 6.61 Å². The van der Waals surface area contributed by atoms with Crippen molar-refractivity contribution < 1.29 is 9.13 Å². The molecule has 78 valence electrons. The summed E-state index contributed by atoms with van der Waals surface area (Å²) in [6.45, 7) is 4.85. The molecule has 1 N–H and O–H groups in total. The van der Waals surface area contributed by atoms with Gasteiger partial charge in [0, 0.05) is 19.1 Å². The van der Waals surface area contributed by atoms with E-state index in [2.05, 4.69) is 5.32 Å². The Morgan fingerprint density at radius 2 is 2.46 bits per heavy atom. The Hall–Kier alpha value is -0.150. The number of nitrogens with one attached hydrogen (secondary N) is 1. The lowest BCUT2D eigenvalue weighted by Gasteiger charge is -2.25. The van der Waals surface area contributed by atoms with Crippen molar-refractivity contribution >= 4 is 0 Å². The van der Waals surface area contributed by atoms with Gasteiger partial charge in [-0.15, -0.1) is 0 Å². The Morgan fingerprint density at radius 1 is 1.62 bits per heavy atom. The maximum atomic E-state index is 13.4.